The summed E-state index contributed by atoms with van der Waals surface area (Å²) in [7, 11) is 0. The Hall–Kier alpha value is -2.00. The van der Waals surface area contributed by atoms with Gasteiger partial charge in [0.2, 0.25) is 0 Å². The molecule has 2 aromatic carbocycles. The Balaban J connectivity index is 1.77. The Morgan fingerprint density at radius 2 is 1.68 bits per heavy atom. The Morgan fingerprint density at radius 1 is 0.895 bits per heavy atom. The summed E-state index contributed by atoms with van der Waals surface area (Å²) in [6.07, 6.45) is 0. The second-order valence-electron chi connectivity index (χ2n) is 5.03. The van der Waals surface area contributed by atoms with Crippen molar-refractivity contribution in [3.63, 3.8) is 0 Å². The third-order valence-corrected chi connectivity index (χ3v) is 3.69. The van der Waals surface area contributed by atoms with Gasteiger partial charge in [-0.2, -0.15) is 0 Å². The van der Waals surface area contributed by atoms with Crippen molar-refractivity contribution in [2.45, 2.75) is 13.8 Å². The third kappa shape index (κ3) is 2.42. The number of hydrogen-bond acceptors (Lipinski definition) is 3. The molecule has 0 aliphatic carbocycles. The number of hydrazine groups is 1. The number of hydrogen-bond donors (Lipinski definition) is 1. The first kappa shape index (κ1) is 12.1. The highest BCUT2D eigenvalue weighted by Gasteiger charge is 2.19. The molecular formula is C16H19N3. The van der Waals surface area contributed by atoms with Crippen LogP contribution in [0.15, 0.2) is 48.5 Å². The van der Waals surface area contributed by atoms with E-state index >= 15 is 0 Å². The highest BCUT2D eigenvalue weighted by atomic mass is 15.6. The molecule has 3 heteroatoms. The van der Waals surface area contributed by atoms with Gasteiger partial charge in [-0.25, -0.2) is 5.43 Å². The molecule has 1 aliphatic rings. The SMILES string of the molecule is Cc1ccc(N2CN(c3ccccc3)CN2)cc1C. The second-order valence-corrected chi connectivity index (χ2v) is 5.03. The number of benzene rings is 2. The molecule has 0 bridgehead atoms. The van der Waals surface area contributed by atoms with E-state index < -0.39 is 0 Å². The topological polar surface area (TPSA) is 18.5 Å². The number of nitrogens with zero attached hydrogens (tertiary/aromatic N) is 2. The predicted octanol–water partition coefficient (Wildman–Crippen LogP) is 3.05. The van der Waals surface area contributed by atoms with Crippen molar-refractivity contribution in [2.24, 2.45) is 0 Å². The van der Waals surface area contributed by atoms with Crippen LogP contribution in [0.2, 0.25) is 0 Å². The van der Waals surface area contributed by atoms with E-state index in [2.05, 4.69) is 71.6 Å². The number of aryl methyl sites for hydroxylation is 2. The molecule has 3 nitrogen and oxygen atoms in total. The van der Waals surface area contributed by atoms with Gasteiger partial charge in [-0.3, -0.25) is 5.01 Å². The monoisotopic (exact) mass is 253 g/mol. The highest BCUT2D eigenvalue weighted by molar-refractivity contribution is 5.54. The van der Waals surface area contributed by atoms with Gasteiger partial charge in [0.15, 0.2) is 0 Å². The average Bonchev–Trinajstić information content (AvgIpc) is 2.93. The van der Waals surface area contributed by atoms with Crippen LogP contribution >= 0.6 is 0 Å². The zero-order valence-corrected chi connectivity index (χ0v) is 11.4. The minimum Gasteiger partial charge on any atom is -0.338 e. The molecule has 2 aromatic rings. The summed E-state index contributed by atoms with van der Waals surface area (Å²) >= 11 is 0. The van der Waals surface area contributed by atoms with Crippen molar-refractivity contribution >= 4 is 11.4 Å². The van der Waals surface area contributed by atoms with Gasteiger partial charge in [-0.05, 0) is 49.2 Å². The first-order chi connectivity index (χ1) is 9.24. The van der Waals surface area contributed by atoms with Crippen LogP contribution in [0.25, 0.3) is 0 Å². The van der Waals surface area contributed by atoms with Gasteiger partial charge in [-0.1, -0.05) is 24.3 Å². The van der Waals surface area contributed by atoms with E-state index in [-0.39, 0.29) is 0 Å². The van der Waals surface area contributed by atoms with E-state index in [0.717, 1.165) is 13.3 Å². The Morgan fingerprint density at radius 3 is 2.42 bits per heavy atom. The summed E-state index contributed by atoms with van der Waals surface area (Å²) < 4.78 is 0. The predicted molar refractivity (Wildman–Crippen MR) is 80.2 cm³/mol. The molecule has 0 aromatic heterocycles. The molecular weight excluding hydrogens is 234 g/mol. The van der Waals surface area contributed by atoms with Crippen LogP contribution in [0.1, 0.15) is 11.1 Å². The fourth-order valence-electron chi connectivity index (χ4n) is 2.32. The summed E-state index contributed by atoms with van der Waals surface area (Å²) in [5.41, 5.74) is 8.57. The number of rotatable bonds is 2. The number of nitrogens with one attached hydrogen (secondary N) is 1. The van der Waals surface area contributed by atoms with Gasteiger partial charge in [0.05, 0.1) is 12.4 Å². The maximum atomic E-state index is 3.43. The van der Waals surface area contributed by atoms with Crippen LogP contribution in [0.4, 0.5) is 11.4 Å². The van der Waals surface area contributed by atoms with Gasteiger partial charge in [0.25, 0.3) is 0 Å². The summed E-state index contributed by atoms with van der Waals surface area (Å²) in [4.78, 5) is 2.31. The Kier molecular flexibility index (Phi) is 3.13. The van der Waals surface area contributed by atoms with Gasteiger partial charge >= 0.3 is 0 Å². The summed E-state index contributed by atoms with van der Waals surface area (Å²) in [5, 5.41) is 2.19. The van der Waals surface area contributed by atoms with Crippen molar-refractivity contribution in [2.75, 3.05) is 23.2 Å². The normalized spacial score (nSPS) is 15.1. The lowest BCUT2D eigenvalue weighted by Crippen LogP contribution is -2.30. The Labute approximate surface area is 114 Å². The smallest absolute Gasteiger partial charge is 0.107 e. The van der Waals surface area contributed by atoms with Crippen molar-refractivity contribution in [1.29, 1.82) is 0 Å². The fraction of sp³-hybridized carbons (Fsp3) is 0.250. The standard InChI is InChI=1S/C16H19N3/c1-13-8-9-16(10-14(13)2)19-12-18(11-17-19)15-6-4-3-5-7-15/h3-10,17H,11-12H2,1-2H3. The van der Waals surface area contributed by atoms with Crippen molar-refractivity contribution in [1.82, 2.24) is 5.43 Å². The molecule has 1 aliphatic heterocycles. The van der Waals surface area contributed by atoms with Crippen LogP contribution in [-0.4, -0.2) is 13.3 Å². The molecule has 98 valence electrons. The highest BCUT2D eigenvalue weighted by Crippen LogP contribution is 2.22. The lowest BCUT2D eigenvalue weighted by molar-refractivity contribution is 0.786. The van der Waals surface area contributed by atoms with Crippen LogP contribution in [0.5, 0.6) is 0 Å². The van der Waals surface area contributed by atoms with Crippen LogP contribution in [0.3, 0.4) is 0 Å². The van der Waals surface area contributed by atoms with E-state index in [1.54, 1.807) is 0 Å². The number of para-hydroxylation sites is 1. The van der Waals surface area contributed by atoms with E-state index in [1.807, 2.05) is 6.07 Å². The summed E-state index contributed by atoms with van der Waals surface area (Å²) in [6, 6.07) is 17.1. The van der Waals surface area contributed by atoms with Crippen LogP contribution < -0.4 is 15.3 Å². The molecule has 0 radical (unpaired) electrons. The van der Waals surface area contributed by atoms with Crippen molar-refractivity contribution in [3.05, 3.63) is 59.7 Å². The quantitative estimate of drug-likeness (QED) is 0.887. The zero-order valence-electron chi connectivity index (χ0n) is 11.4. The molecule has 1 saturated heterocycles. The maximum absolute atomic E-state index is 3.43. The van der Waals surface area contributed by atoms with E-state index in [9.17, 15) is 0 Å². The molecule has 19 heavy (non-hydrogen) atoms. The zero-order chi connectivity index (χ0) is 13.2. The maximum Gasteiger partial charge on any atom is 0.107 e. The first-order valence-corrected chi connectivity index (χ1v) is 6.62. The van der Waals surface area contributed by atoms with E-state index in [0.29, 0.717) is 0 Å². The molecule has 1 N–H and O–H groups in total. The van der Waals surface area contributed by atoms with E-state index in [4.69, 9.17) is 0 Å². The largest absolute Gasteiger partial charge is 0.338 e. The Bertz CT molecular complexity index is 565. The summed E-state index contributed by atoms with van der Waals surface area (Å²) in [5.74, 6) is 0. The van der Waals surface area contributed by atoms with Crippen molar-refractivity contribution in [3.8, 4) is 0 Å². The molecule has 0 unspecified atom stereocenters. The minimum atomic E-state index is 0.844. The van der Waals surface area contributed by atoms with Crippen molar-refractivity contribution < 1.29 is 0 Å². The molecule has 0 saturated carbocycles. The van der Waals surface area contributed by atoms with Crippen LogP contribution in [0, 0.1) is 13.8 Å². The molecule has 1 fully saturated rings. The van der Waals surface area contributed by atoms with Crippen LogP contribution in [-0.2, 0) is 0 Å². The van der Waals surface area contributed by atoms with Gasteiger partial charge in [0, 0.05) is 5.69 Å². The minimum absolute atomic E-state index is 0.844. The van der Waals surface area contributed by atoms with Gasteiger partial charge in [0.1, 0.15) is 6.67 Å². The molecule has 0 atom stereocenters. The lowest BCUT2D eigenvalue weighted by Gasteiger charge is -2.20. The van der Waals surface area contributed by atoms with Gasteiger partial charge < -0.3 is 4.90 Å². The lowest BCUT2D eigenvalue weighted by atomic mass is 10.1. The molecule has 3 rings (SSSR count). The first-order valence-electron chi connectivity index (χ1n) is 6.62. The number of anilines is 2. The second kappa shape index (κ2) is 4.94. The molecule has 0 spiro atoms. The molecule has 0 amide bonds. The van der Waals surface area contributed by atoms with Gasteiger partial charge in [-0.15, -0.1) is 0 Å². The third-order valence-electron chi connectivity index (χ3n) is 3.69. The summed E-state index contributed by atoms with van der Waals surface area (Å²) in [6.45, 7) is 6.01. The fourth-order valence-corrected chi connectivity index (χ4v) is 2.32. The average molecular weight is 253 g/mol. The van der Waals surface area contributed by atoms with E-state index in [1.165, 1.54) is 22.5 Å². The molecule has 1 heterocycles.